The van der Waals surface area contributed by atoms with E-state index >= 15 is 0 Å². The van der Waals surface area contributed by atoms with E-state index in [0.29, 0.717) is 19.3 Å². The van der Waals surface area contributed by atoms with Crippen LogP contribution in [0.3, 0.4) is 0 Å². The fourth-order valence-electron chi connectivity index (χ4n) is 3.64. The zero-order chi connectivity index (χ0) is 19.7. The standard InChI is InChI=1S/C15H14N4O2.C5H8F2/c1-8-10(7-21-19-8)9-2-3-11-13(6-9)18-15(17-11)12-4-5-14(20)16-12;6-5(7)3-1-2-4-5/h2-3,6-7,12H,4-5H2,1H3,(H,16,20)(H,17,18);1-4H2/t12-;/m0./s1. The molecule has 1 aromatic carbocycles. The molecule has 6 nitrogen and oxygen atoms in total. The average molecular weight is 388 g/mol. The monoisotopic (exact) mass is 388 g/mol. The lowest BCUT2D eigenvalue weighted by molar-refractivity contribution is -0.119. The maximum atomic E-state index is 11.9. The van der Waals surface area contributed by atoms with Crippen LogP contribution < -0.4 is 5.32 Å². The Bertz CT molecular complexity index is 987. The number of fused-ring (bicyclic) bond motifs is 1. The van der Waals surface area contributed by atoms with E-state index in [1.54, 1.807) is 6.26 Å². The highest BCUT2D eigenvalue weighted by Gasteiger charge is 2.32. The van der Waals surface area contributed by atoms with Gasteiger partial charge < -0.3 is 14.8 Å². The van der Waals surface area contributed by atoms with Crippen LogP contribution in [0.5, 0.6) is 0 Å². The van der Waals surface area contributed by atoms with E-state index < -0.39 is 5.92 Å². The Kier molecular flexibility index (Phi) is 4.87. The van der Waals surface area contributed by atoms with Gasteiger partial charge in [-0.1, -0.05) is 11.2 Å². The van der Waals surface area contributed by atoms with Crippen LogP contribution >= 0.6 is 0 Å². The Morgan fingerprint density at radius 2 is 2.04 bits per heavy atom. The third kappa shape index (κ3) is 3.90. The summed E-state index contributed by atoms with van der Waals surface area (Å²) in [4.78, 5) is 19.2. The molecule has 1 saturated heterocycles. The third-order valence-electron chi connectivity index (χ3n) is 5.22. The van der Waals surface area contributed by atoms with Crippen molar-refractivity contribution >= 4 is 16.9 Å². The third-order valence-corrected chi connectivity index (χ3v) is 5.22. The summed E-state index contributed by atoms with van der Waals surface area (Å²) in [7, 11) is 0. The second-order valence-electron chi connectivity index (χ2n) is 7.39. The lowest BCUT2D eigenvalue weighted by Crippen LogP contribution is -2.19. The minimum atomic E-state index is -2.31. The summed E-state index contributed by atoms with van der Waals surface area (Å²) in [5, 5.41) is 6.83. The zero-order valence-corrected chi connectivity index (χ0v) is 15.6. The number of aromatic amines is 1. The van der Waals surface area contributed by atoms with Crippen molar-refractivity contribution in [1.29, 1.82) is 0 Å². The van der Waals surface area contributed by atoms with E-state index in [-0.39, 0.29) is 24.8 Å². The van der Waals surface area contributed by atoms with Crippen molar-refractivity contribution in [2.75, 3.05) is 0 Å². The second kappa shape index (κ2) is 7.33. The van der Waals surface area contributed by atoms with Gasteiger partial charge in [0.2, 0.25) is 11.8 Å². The largest absolute Gasteiger partial charge is 0.364 e. The number of benzene rings is 1. The van der Waals surface area contributed by atoms with Crippen molar-refractivity contribution in [3.8, 4) is 11.1 Å². The highest BCUT2D eigenvalue weighted by molar-refractivity contribution is 5.83. The van der Waals surface area contributed by atoms with Gasteiger partial charge in [-0.2, -0.15) is 0 Å². The van der Waals surface area contributed by atoms with Crippen LogP contribution in [0.4, 0.5) is 8.78 Å². The number of hydrogen-bond acceptors (Lipinski definition) is 4. The van der Waals surface area contributed by atoms with E-state index in [0.717, 1.165) is 40.1 Å². The highest BCUT2D eigenvalue weighted by Crippen LogP contribution is 2.34. The van der Waals surface area contributed by atoms with Gasteiger partial charge in [-0.05, 0) is 43.9 Å². The lowest BCUT2D eigenvalue weighted by Gasteiger charge is -2.04. The van der Waals surface area contributed by atoms with Crippen molar-refractivity contribution in [3.63, 3.8) is 0 Å². The number of hydrogen-bond donors (Lipinski definition) is 2. The Morgan fingerprint density at radius 1 is 1.25 bits per heavy atom. The van der Waals surface area contributed by atoms with Crippen LogP contribution in [0.25, 0.3) is 22.2 Å². The van der Waals surface area contributed by atoms with E-state index in [9.17, 15) is 13.6 Å². The quantitative estimate of drug-likeness (QED) is 0.668. The SMILES string of the molecule is Cc1nocc1-c1ccc2nc([C@@H]3CCC(=O)N3)[nH]c2c1.FC1(F)CCCC1. The van der Waals surface area contributed by atoms with Gasteiger partial charge in [0.15, 0.2) is 0 Å². The fraction of sp³-hybridized carbons (Fsp3) is 0.450. The first kappa shape index (κ1) is 18.6. The molecule has 1 amide bonds. The molecule has 1 aliphatic carbocycles. The Balaban J connectivity index is 0.000000233. The molecule has 2 fully saturated rings. The summed E-state index contributed by atoms with van der Waals surface area (Å²) in [5.74, 6) is -1.41. The van der Waals surface area contributed by atoms with Gasteiger partial charge in [0.1, 0.15) is 12.1 Å². The van der Waals surface area contributed by atoms with Crippen molar-refractivity contribution in [2.24, 2.45) is 0 Å². The van der Waals surface area contributed by atoms with E-state index in [4.69, 9.17) is 4.52 Å². The molecule has 2 N–H and O–H groups in total. The van der Waals surface area contributed by atoms with Crippen molar-refractivity contribution < 1.29 is 18.1 Å². The van der Waals surface area contributed by atoms with E-state index in [1.807, 2.05) is 25.1 Å². The first-order valence-electron chi connectivity index (χ1n) is 9.49. The predicted molar refractivity (Wildman–Crippen MR) is 99.9 cm³/mol. The van der Waals surface area contributed by atoms with E-state index in [2.05, 4.69) is 20.4 Å². The Labute approximate surface area is 160 Å². The van der Waals surface area contributed by atoms with Crippen LogP contribution in [0.2, 0.25) is 0 Å². The van der Waals surface area contributed by atoms with Crippen LogP contribution in [-0.2, 0) is 4.79 Å². The molecule has 2 aromatic heterocycles. The normalized spacial score (nSPS) is 20.8. The van der Waals surface area contributed by atoms with Gasteiger partial charge in [-0.15, -0.1) is 0 Å². The first-order chi connectivity index (χ1) is 13.4. The number of alkyl halides is 2. The summed E-state index contributed by atoms with van der Waals surface area (Å²) in [6, 6.07) is 5.99. The highest BCUT2D eigenvalue weighted by atomic mass is 19.3. The second-order valence-corrected chi connectivity index (χ2v) is 7.39. The molecule has 1 saturated carbocycles. The summed E-state index contributed by atoms with van der Waals surface area (Å²) in [6.45, 7) is 1.91. The summed E-state index contributed by atoms with van der Waals surface area (Å²) >= 11 is 0. The smallest absolute Gasteiger partial charge is 0.248 e. The number of rotatable bonds is 2. The number of amides is 1. The lowest BCUT2D eigenvalue weighted by atomic mass is 10.1. The Hall–Kier alpha value is -2.77. The van der Waals surface area contributed by atoms with Crippen molar-refractivity contribution in [3.05, 3.63) is 36.0 Å². The van der Waals surface area contributed by atoms with Crippen LogP contribution in [0.15, 0.2) is 29.0 Å². The topological polar surface area (TPSA) is 83.8 Å². The fourth-order valence-corrected chi connectivity index (χ4v) is 3.64. The van der Waals surface area contributed by atoms with Gasteiger partial charge >= 0.3 is 0 Å². The maximum absolute atomic E-state index is 11.9. The molecular formula is C20H22F2N4O2. The Morgan fingerprint density at radius 3 is 2.61 bits per heavy atom. The van der Waals surface area contributed by atoms with Gasteiger partial charge in [0, 0.05) is 24.8 Å². The molecule has 0 bridgehead atoms. The first-order valence-corrected chi connectivity index (χ1v) is 9.49. The summed E-state index contributed by atoms with van der Waals surface area (Å²) < 4.78 is 28.9. The molecule has 0 unspecified atom stereocenters. The van der Waals surface area contributed by atoms with Gasteiger partial charge in [0.05, 0.1) is 22.8 Å². The molecular weight excluding hydrogens is 366 g/mol. The molecule has 2 aliphatic rings. The molecule has 5 rings (SSSR count). The number of halogens is 2. The number of nitrogens with zero attached hydrogens (tertiary/aromatic N) is 2. The van der Waals surface area contributed by atoms with Gasteiger partial charge in [0.25, 0.3) is 0 Å². The zero-order valence-electron chi connectivity index (χ0n) is 15.6. The molecule has 1 aliphatic heterocycles. The van der Waals surface area contributed by atoms with Crippen molar-refractivity contribution in [1.82, 2.24) is 20.4 Å². The maximum Gasteiger partial charge on any atom is 0.248 e. The van der Waals surface area contributed by atoms with Crippen LogP contribution in [0, 0.1) is 6.92 Å². The van der Waals surface area contributed by atoms with Gasteiger partial charge in [-0.3, -0.25) is 4.79 Å². The molecule has 148 valence electrons. The molecule has 3 heterocycles. The number of nitrogens with one attached hydrogen (secondary N) is 2. The van der Waals surface area contributed by atoms with Crippen LogP contribution in [0.1, 0.15) is 56.1 Å². The van der Waals surface area contributed by atoms with Crippen molar-refractivity contribution in [2.45, 2.75) is 57.4 Å². The molecule has 1 atom stereocenters. The number of H-pyrrole nitrogens is 1. The number of aryl methyl sites for hydroxylation is 1. The molecule has 3 aromatic rings. The number of carbonyl (C=O) groups is 1. The van der Waals surface area contributed by atoms with Gasteiger partial charge in [-0.25, -0.2) is 13.8 Å². The minimum absolute atomic E-state index is 0.00863. The summed E-state index contributed by atoms with van der Waals surface area (Å²) in [5.41, 5.74) is 4.71. The summed E-state index contributed by atoms with van der Waals surface area (Å²) in [6.07, 6.45) is 4.66. The predicted octanol–water partition coefficient (Wildman–Crippen LogP) is 4.67. The minimum Gasteiger partial charge on any atom is -0.364 e. The van der Waals surface area contributed by atoms with Crippen LogP contribution in [-0.4, -0.2) is 27.0 Å². The molecule has 28 heavy (non-hydrogen) atoms. The number of carbonyl (C=O) groups excluding carboxylic acids is 1. The molecule has 0 spiro atoms. The average Bonchev–Trinajstić information content (AvgIpc) is 3.42. The number of imidazole rings is 1. The molecule has 8 heteroatoms. The van der Waals surface area contributed by atoms with E-state index in [1.165, 1.54) is 0 Å². The molecule has 0 radical (unpaired) electrons. The number of aromatic nitrogens is 3.